The van der Waals surface area contributed by atoms with Gasteiger partial charge in [-0.3, -0.25) is 4.90 Å². The fourth-order valence-electron chi connectivity index (χ4n) is 3.08. The summed E-state index contributed by atoms with van der Waals surface area (Å²) >= 11 is 0. The first-order valence-electron chi connectivity index (χ1n) is 5.50. The van der Waals surface area contributed by atoms with Crippen LogP contribution in [0.4, 0.5) is 0 Å². The van der Waals surface area contributed by atoms with Crippen molar-refractivity contribution in [3.8, 4) is 0 Å². The smallest absolute Gasteiger partial charge is 0.0350 e. The second-order valence-corrected chi connectivity index (χ2v) is 5.57. The van der Waals surface area contributed by atoms with Gasteiger partial charge >= 0.3 is 0 Å². The standard InChI is InChI=1S/C11H22N2/c1-9(2)13-7-10(3)5-4-6-11(10,12)8-13/h9H,4-8,12H2,1-3H3. The van der Waals surface area contributed by atoms with Gasteiger partial charge in [0.05, 0.1) is 0 Å². The van der Waals surface area contributed by atoms with Crippen LogP contribution in [-0.4, -0.2) is 29.6 Å². The number of fused-ring (bicyclic) bond motifs is 1. The molecule has 0 aromatic rings. The predicted molar refractivity (Wildman–Crippen MR) is 55.6 cm³/mol. The number of likely N-dealkylation sites (tertiary alicyclic amines) is 1. The Kier molecular flexibility index (Phi) is 1.97. The van der Waals surface area contributed by atoms with Gasteiger partial charge in [-0.2, -0.15) is 0 Å². The van der Waals surface area contributed by atoms with Crippen LogP contribution in [0.2, 0.25) is 0 Å². The molecule has 2 fully saturated rings. The van der Waals surface area contributed by atoms with E-state index in [9.17, 15) is 0 Å². The Balaban J connectivity index is 2.18. The van der Waals surface area contributed by atoms with E-state index < -0.39 is 0 Å². The highest BCUT2D eigenvalue weighted by molar-refractivity contribution is 5.12. The van der Waals surface area contributed by atoms with Gasteiger partial charge in [0.2, 0.25) is 0 Å². The van der Waals surface area contributed by atoms with E-state index in [1.54, 1.807) is 0 Å². The van der Waals surface area contributed by atoms with Gasteiger partial charge in [-0.1, -0.05) is 13.3 Å². The van der Waals surface area contributed by atoms with Crippen molar-refractivity contribution >= 4 is 0 Å². The summed E-state index contributed by atoms with van der Waals surface area (Å²) in [5.41, 5.74) is 7.01. The molecule has 2 heteroatoms. The lowest BCUT2D eigenvalue weighted by Gasteiger charge is -2.32. The average Bonchev–Trinajstić information content (AvgIpc) is 2.38. The zero-order chi connectivity index (χ0) is 9.69. The molecule has 2 unspecified atom stereocenters. The minimum Gasteiger partial charge on any atom is -0.324 e. The van der Waals surface area contributed by atoms with Crippen LogP contribution in [0.3, 0.4) is 0 Å². The molecular weight excluding hydrogens is 160 g/mol. The SMILES string of the molecule is CC(C)N1CC2(C)CCCC2(N)C1. The van der Waals surface area contributed by atoms with Crippen LogP contribution in [0.1, 0.15) is 40.0 Å². The summed E-state index contributed by atoms with van der Waals surface area (Å²) in [5.74, 6) is 0. The van der Waals surface area contributed by atoms with Crippen molar-refractivity contribution in [3.05, 3.63) is 0 Å². The van der Waals surface area contributed by atoms with E-state index in [1.807, 2.05) is 0 Å². The van der Waals surface area contributed by atoms with Crippen molar-refractivity contribution in [2.24, 2.45) is 11.1 Å². The molecule has 0 aromatic carbocycles. The van der Waals surface area contributed by atoms with Crippen LogP contribution >= 0.6 is 0 Å². The molecule has 13 heavy (non-hydrogen) atoms. The van der Waals surface area contributed by atoms with Gasteiger partial charge in [-0.15, -0.1) is 0 Å². The molecule has 76 valence electrons. The molecule has 1 aliphatic heterocycles. The Hall–Kier alpha value is -0.0800. The van der Waals surface area contributed by atoms with E-state index in [0.717, 1.165) is 6.54 Å². The molecule has 1 aliphatic carbocycles. The molecule has 2 rings (SSSR count). The number of nitrogens with two attached hydrogens (primary N) is 1. The maximum absolute atomic E-state index is 6.49. The number of nitrogens with zero attached hydrogens (tertiary/aromatic N) is 1. The van der Waals surface area contributed by atoms with Gasteiger partial charge < -0.3 is 5.73 Å². The number of hydrogen-bond donors (Lipinski definition) is 1. The summed E-state index contributed by atoms with van der Waals surface area (Å²) < 4.78 is 0. The topological polar surface area (TPSA) is 29.3 Å². The van der Waals surface area contributed by atoms with E-state index in [2.05, 4.69) is 25.7 Å². The van der Waals surface area contributed by atoms with Crippen LogP contribution < -0.4 is 5.73 Å². The molecule has 2 N–H and O–H groups in total. The predicted octanol–water partition coefficient (Wildman–Crippen LogP) is 1.60. The summed E-state index contributed by atoms with van der Waals surface area (Å²) in [4.78, 5) is 2.54. The molecule has 1 saturated carbocycles. The Morgan fingerprint density at radius 1 is 1.23 bits per heavy atom. The lowest BCUT2D eigenvalue weighted by atomic mass is 9.77. The highest BCUT2D eigenvalue weighted by Crippen LogP contribution is 2.50. The molecule has 0 spiro atoms. The first kappa shape index (κ1) is 9.47. The van der Waals surface area contributed by atoms with Crippen LogP contribution in [-0.2, 0) is 0 Å². The molecule has 0 aromatic heterocycles. The highest BCUT2D eigenvalue weighted by atomic mass is 15.2. The largest absolute Gasteiger partial charge is 0.324 e. The highest BCUT2D eigenvalue weighted by Gasteiger charge is 2.55. The molecule has 2 atom stereocenters. The van der Waals surface area contributed by atoms with Crippen molar-refractivity contribution in [2.45, 2.75) is 51.6 Å². The van der Waals surface area contributed by atoms with Crippen LogP contribution in [0.15, 0.2) is 0 Å². The minimum absolute atomic E-state index is 0.122. The second kappa shape index (κ2) is 2.71. The maximum atomic E-state index is 6.49. The fourth-order valence-corrected chi connectivity index (χ4v) is 3.08. The molecule has 0 radical (unpaired) electrons. The van der Waals surface area contributed by atoms with Gasteiger partial charge in [0.25, 0.3) is 0 Å². The first-order chi connectivity index (χ1) is 5.97. The first-order valence-corrected chi connectivity index (χ1v) is 5.50. The quantitative estimate of drug-likeness (QED) is 0.667. The minimum atomic E-state index is 0.122. The van der Waals surface area contributed by atoms with E-state index in [1.165, 1.54) is 25.8 Å². The van der Waals surface area contributed by atoms with Crippen molar-refractivity contribution in [1.82, 2.24) is 4.90 Å². The third-order valence-electron chi connectivity index (χ3n) is 4.32. The van der Waals surface area contributed by atoms with Gasteiger partial charge in [-0.05, 0) is 32.1 Å². The Labute approximate surface area is 81.5 Å². The molecule has 2 aliphatic rings. The zero-order valence-corrected chi connectivity index (χ0v) is 9.14. The molecular formula is C11H22N2. The normalized spacial score (nSPS) is 45.9. The Bertz CT molecular complexity index is 196. The van der Waals surface area contributed by atoms with Crippen molar-refractivity contribution in [2.75, 3.05) is 13.1 Å². The van der Waals surface area contributed by atoms with Crippen LogP contribution in [0.5, 0.6) is 0 Å². The van der Waals surface area contributed by atoms with E-state index in [-0.39, 0.29) is 5.54 Å². The maximum Gasteiger partial charge on any atom is 0.0350 e. The third kappa shape index (κ3) is 1.23. The van der Waals surface area contributed by atoms with E-state index >= 15 is 0 Å². The summed E-state index contributed by atoms with van der Waals surface area (Å²) in [6.45, 7) is 9.24. The molecule has 0 amide bonds. The molecule has 1 heterocycles. The van der Waals surface area contributed by atoms with Crippen LogP contribution in [0.25, 0.3) is 0 Å². The second-order valence-electron chi connectivity index (χ2n) is 5.57. The van der Waals surface area contributed by atoms with Gasteiger partial charge in [0.1, 0.15) is 0 Å². The molecule has 2 nitrogen and oxygen atoms in total. The monoisotopic (exact) mass is 182 g/mol. The lowest BCUT2D eigenvalue weighted by Crippen LogP contribution is -2.49. The molecule has 1 saturated heterocycles. The number of rotatable bonds is 1. The third-order valence-corrected chi connectivity index (χ3v) is 4.32. The van der Waals surface area contributed by atoms with Crippen LogP contribution in [0, 0.1) is 5.41 Å². The van der Waals surface area contributed by atoms with Crippen molar-refractivity contribution in [1.29, 1.82) is 0 Å². The van der Waals surface area contributed by atoms with Crippen molar-refractivity contribution in [3.63, 3.8) is 0 Å². The fraction of sp³-hybridized carbons (Fsp3) is 1.00. The van der Waals surface area contributed by atoms with Gasteiger partial charge in [0, 0.05) is 24.7 Å². The zero-order valence-electron chi connectivity index (χ0n) is 9.14. The van der Waals surface area contributed by atoms with E-state index in [4.69, 9.17) is 5.73 Å². The summed E-state index contributed by atoms with van der Waals surface area (Å²) in [5, 5.41) is 0. The lowest BCUT2D eigenvalue weighted by molar-refractivity contribution is 0.227. The Morgan fingerprint density at radius 2 is 1.92 bits per heavy atom. The summed E-state index contributed by atoms with van der Waals surface area (Å²) in [6.07, 6.45) is 3.89. The number of hydrogen-bond acceptors (Lipinski definition) is 2. The summed E-state index contributed by atoms with van der Waals surface area (Å²) in [6, 6.07) is 0.655. The van der Waals surface area contributed by atoms with Crippen molar-refractivity contribution < 1.29 is 0 Å². The van der Waals surface area contributed by atoms with E-state index in [0.29, 0.717) is 11.5 Å². The average molecular weight is 182 g/mol. The summed E-state index contributed by atoms with van der Waals surface area (Å²) in [7, 11) is 0. The van der Waals surface area contributed by atoms with Gasteiger partial charge in [0.15, 0.2) is 0 Å². The van der Waals surface area contributed by atoms with Gasteiger partial charge in [-0.25, -0.2) is 0 Å². The molecule has 0 bridgehead atoms. The Morgan fingerprint density at radius 3 is 2.46 bits per heavy atom.